The molecule has 1 N–H and O–H groups in total. The van der Waals surface area contributed by atoms with E-state index in [2.05, 4.69) is 0 Å². The van der Waals surface area contributed by atoms with Gasteiger partial charge < -0.3 is 0 Å². The zero-order valence-electron chi connectivity index (χ0n) is 16.2. The van der Waals surface area contributed by atoms with E-state index in [1.807, 2.05) is 42.5 Å². The molecule has 2 aromatic carbocycles. The summed E-state index contributed by atoms with van der Waals surface area (Å²) in [4.78, 5) is 12.1. The number of carboxylic acids is 1. The van der Waals surface area contributed by atoms with Gasteiger partial charge in [0.2, 0.25) is 0 Å². The van der Waals surface area contributed by atoms with Crippen molar-refractivity contribution < 1.29 is 18.3 Å². The summed E-state index contributed by atoms with van der Waals surface area (Å²) >= 11 is -1.74. The maximum absolute atomic E-state index is 13.1. The van der Waals surface area contributed by atoms with E-state index in [1.165, 1.54) is 29.6 Å². The van der Waals surface area contributed by atoms with Crippen molar-refractivity contribution in [2.75, 3.05) is 0 Å². The van der Waals surface area contributed by atoms with E-state index in [0.717, 1.165) is 30.4 Å². The normalized spacial score (nSPS) is 17.4. The minimum absolute atomic E-state index is 0.307. The Morgan fingerprint density at radius 2 is 1.83 bits per heavy atom. The Bertz CT molecular complexity index is 1060. The topological polar surface area (TPSA) is 71.4 Å². The number of rotatable bonds is 7. The van der Waals surface area contributed by atoms with Gasteiger partial charge in [-0.3, -0.25) is 0 Å². The molecule has 29 heavy (non-hydrogen) atoms. The number of allylic oxidation sites excluding steroid dienone is 2. The summed E-state index contributed by atoms with van der Waals surface area (Å²) in [5, 5.41) is 9.62. The second kappa shape index (κ2) is 8.49. The van der Waals surface area contributed by atoms with Gasteiger partial charge >= 0.3 is 178 Å². The third kappa shape index (κ3) is 4.51. The molecule has 0 aliphatic heterocycles. The van der Waals surface area contributed by atoms with Gasteiger partial charge in [-0.1, -0.05) is 0 Å². The van der Waals surface area contributed by atoms with Crippen molar-refractivity contribution in [2.24, 2.45) is 0 Å². The summed E-state index contributed by atoms with van der Waals surface area (Å²) in [7, 11) is -3.54. The fourth-order valence-corrected chi connectivity index (χ4v) is 11.3. The molecule has 2 aliphatic rings. The van der Waals surface area contributed by atoms with Crippen LogP contribution < -0.4 is 0 Å². The van der Waals surface area contributed by atoms with Gasteiger partial charge in [-0.05, 0) is 0 Å². The third-order valence-electron chi connectivity index (χ3n) is 5.86. The first-order valence-corrected chi connectivity index (χ1v) is 15.3. The molecule has 0 amide bonds. The Morgan fingerprint density at radius 3 is 2.59 bits per heavy atom. The van der Waals surface area contributed by atoms with Crippen molar-refractivity contribution in [1.29, 1.82) is 0 Å². The van der Waals surface area contributed by atoms with Crippen LogP contribution in [0.15, 0.2) is 59.0 Å². The van der Waals surface area contributed by atoms with Gasteiger partial charge in [-0.2, -0.15) is 0 Å². The van der Waals surface area contributed by atoms with Gasteiger partial charge in [0.1, 0.15) is 0 Å². The fourth-order valence-electron chi connectivity index (χ4n) is 4.34. The molecule has 4 nitrogen and oxygen atoms in total. The average Bonchev–Trinajstić information content (AvgIpc) is 3.09. The molecule has 4 rings (SSSR count). The SMILES string of the molecule is O=C(O)C(CCc1ccccc1)[AsH]S(=O)(=O)c1ccc2c(c1)CC1=C2CCCC1. The van der Waals surface area contributed by atoms with Crippen LogP contribution in [0.4, 0.5) is 0 Å². The number of carboxylic acid groups (broad SMARTS) is 1. The number of aliphatic carboxylic acids is 1. The van der Waals surface area contributed by atoms with Gasteiger partial charge in [0.05, 0.1) is 0 Å². The van der Waals surface area contributed by atoms with E-state index in [4.69, 9.17) is 0 Å². The van der Waals surface area contributed by atoms with Crippen molar-refractivity contribution in [2.45, 2.75) is 54.5 Å². The zero-order valence-corrected chi connectivity index (χ0v) is 19.1. The van der Waals surface area contributed by atoms with E-state index in [9.17, 15) is 18.3 Å². The van der Waals surface area contributed by atoms with Crippen LogP contribution in [0.25, 0.3) is 5.57 Å². The number of benzene rings is 2. The Labute approximate surface area is 177 Å². The number of fused-ring (bicyclic) bond motifs is 2. The van der Waals surface area contributed by atoms with Crippen molar-refractivity contribution in [1.82, 2.24) is 0 Å². The van der Waals surface area contributed by atoms with Crippen molar-refractivity contribution in [3.63, 3.8) is 0 Å². The minimum atomic E-state index is -3.54. The molecule has 2 atom stereocenters. The van der Waals surface area contributed by atoms with Crippen LogP contribution in [0, 0.1) is 0 Å². The summed E-state index contributed by atoms with van der Waals surface area (Å²) in [6, 6.07) is 15.1. The Balaban J connectivity index is 1.50. The standard InChI is InChI=1S/C23H25AsO4S/c25-23(26)22(13-10-16-6-2-1-3-7-16)24-29(27,28)19-11-12-21-18(15-19)14-17-8-4-5-9-20(17)21/h1-3,6-7,11-12,15,22,24H,4-5,8-10,13-14H2,(H,25,26). The predicted molar refractivity (Wildman–Crippen MR) is 116 cm³/mol. The molecule has 0 spiro atoms. The molecule has 2 unspecified atom stereocenters. The van der Waals surface area contributed by atoms with Gasteiger partial charge in [0.15, 0.2) is 0 Å². The molecule has 0 saturated carbocycles. The Kier molecular flexibility index (Phi) is 5.98. The second-order valence-corrected chi connectivity index (χ2v) is 15.9. The maximum atomic E-state index is 13.1. The Hall–Kier alpha value is -1.84. The fraction of sp³-hybridized carbons (Fsp3) is 0.348. The number of hydrogen-bond acceptors (Lipinski definition) is 3. The van der Waals surface area contributed by atoms with Crippen LogP contribution in [-0.4, -0.2) is 34.1 Å². The zero-order chi connectivity index (χ0) is 20.4. The predicted octanol–water partition coefficient (Wildman–Crippen LogP) is 4.20. The number of aryl methyl sites for hydroxylation is 1. The molecule has 0 saturated heterocycles. The van der Waals surface area contributed by atoms with Gasteiger partial charge in [-0.25, -0.2) is 0 Å². The van der Waals surface area contributed by atoms with Crippen LogP contribution >= 0.6 is 0 Å². The van der Waals surface area contributed by atoms with Crippen LogP contribution in [0.3, 0.4) is 0 Å². The van der Waals surface area contributed by atoms with Crippen molar-refractivity contribution >= 4 is 34.2 Å². The summed E-state index contributed by atoms with van der Waals surface area (Å²) in [5.74, 6) is -0.997. The summed E-state index contributed by atoms with van der Waals surface area (Å²) in [6.07, 6.45) is 6.41. The molecule has 2 aliphatic carbocycles. The van der Waals surface area contributed by atoms with Gasteiger partial charge in [0.25, 0.3) is 0 Å². The molecule has 6 heteroatoms. The third-order valence-corrected chi connectivity index (χ3v) is 13.7. The number of carbonyl (C=O) groups is 1. The number of hydrogen-bond donors (Lipinski definition) is 1. The molecule has 2 aromatic rings. The average molecular weight is 472 g/mol. The monoisotopic (exact) mass is 472 g/mol. The van der Waals surface area contributed by atoms with E-state index in [-0.39, 0.29) is 0 Å². The van der Waals surface area contributed by atoms with E-state index in [0.29, 0.717) is 17.7 Å². The molecule has 0 radical (unpaired) electrons. The van der Waals surface area contributed by atoms with Crippen LogP contribution in [-0.2, 0) is 25.7 Å². The van der Waals surface area contributed by atoms with Crippen molar-refractivity contribution in [3.8, 4) is 0 Å². The second-order valence-electron chi connectivity index (χ2n) is 7.82. The van der Waals surface area contributed by atoms with Gasteiger partial charge in [0, 0.05) is 0 Å². The molecular formula is C23H25AsO4S. The summed E-state index contributed by atoms with van der Waals surface area (Å²) in [5.41, 5.74) is 6.22. The molecule has 0 heterocycles. The first-order chi connectivity index (χ1) is 13.9. The molecule has 0 bridgehead atoms. The summed E-state index contributed by atoms with van der Waals surface area (Å²) in [6.45, 7) is 0. The van der Waals surface area contributed by atoms with Crippen LogP contribution in [0.5, 0.6) is 0 Å². The van der Waals surface area contributed by atoms with E-state index >= 15 is 0 Å². The molecule has 0 fully saturated rings. The van der Waals surface area contributed by atoms with E-state index in [1.54, 1.807) is 6.07 Å². The molecule has 0 aromatic heterocycles. The van der Waals surface area contributed by atoms with Crippen LogP contribution in [0.2, 0.25) is 4.71 Å². The first kappa shape index (κ1) is 20.4. The van der Waals surface area contributed by atoms with E-state index < -0.39 is 33.4 Å². The van der Waals surface area contributed by atoms with Crippen LogP contribution in [0.1, 0.15) is 48.8 Å². The first-order valence-electron chi connectivity index (χ1n) is 10.1. The molecular weight excluding hydrogens is 447 g/mol. The summed E-state index contributed by atoms with van der Waals surface area (Å²) < 4.78 is 25.3. The molecule has 152 valence electrons. The Morgan fingerprint density at radius 1 is 1.07 bits per heavy atom. The van der Waals surface area contributed by atoms with Crippen molar-refractivity contribution in [3.05, 3.63) is 70.8 Å². The van der Waals surface area contributed by atoms with Gasteiger partial charge in [-0.15, -0.1) is 0 Å². The quantitative estimate of drug-likeness (QED) is 0.614.